The lowest BCUT2D eigenvalue weighted by Crippen LogP contribution is -2.03. The Bertz CT molecular complexity index is 1620. The molecule has 6 rings (SSSR count). The first-order valence-corrected chi connectivity index (χ1v) is 17.5. The summed E-state index contributed by atoms with van der Waals surface area (Å²) in [5.41, 5.74) is 2.97. The fourth-order valence-corrected chi connectivity index (χ4v) is 6.00. The standard InChI is InChI=1S/C14H9FOS.C13H7ClFNS.Cl3OP/c15-10-5-6-14-11(8-10)12(16)7-9-3-1-2-4-13(9)17-14;14-13-9-7-8(15)5-6-11(9)17-12-4-2-1-3-10(12)16-13;1-5(2,3)4/h1-6,8H,7H2;1-7H;. The van der Waals surface area contributed by atoms with Crippen molar-refractivity contribution in [3.05, 3.63) is 113 Å². The molecule has 2 heterocycles. The summed E-state index contributed by atoms with van der Waals surface area (Å²) in [5.74, 6) is -0.677. The van der Waals surface area contributed by atoms with Crippen molar-refractivity contribution in [2.75, 3.05) is 0 Å². The van der Waals surface area contributed by atoms with Crippen molar-refractivity contribution in [1.82, 2.24) is 0 Å². The van der Waals surface area contributed by atoms with Gasteiger partial charge in [0.1, 0.15) is 16.8 Å². The Kier molecular flexibility index (Phi) is 10.2. The maximum atomic E-state index is 13.2. The summed E-state index contributed by atoms with van der Waals surface area (Å²) >= 11 is 23.0. The number of hydrogen-bond donors (Lipinski definition) is 0. The number of ketones is 1. The Morgan fingerprint density at radius 3 is 1.90 bits per heavy atom. The summed E-state index contributed by atoms with van der Waals surface area (Å²) in [6.45, 7) is 0. The number of fused-ring (bicyclic) bond motifs is 4. The van der Waals surface area contributed by atoms with E-state index in [1.165, 1.54) is 36.0 Å². The largest absolute Gasteiger partial charge is 0.339 e. The number of carbonyl (C=O) groups excluding carboxylic acids is 1. The number of halogens is 6. The summed E-state index contributed by atoms with van der Waals surface area (Å²) in [6, 6.07) is 24.5. The summed E-state index contributed by atoms with van der Waals surface area (Å²) in [4.78, 5) is 20.2. The number of Topliss-reactive ketones (excluding diaryl/α,β-unsaturated/α-hetero) is 1. The molecule has 0 unspecified atom stereocenters. The van der Waals surface area contributed by atoms with E-state index in [4.69, 9.17) is 11.6 Å². The average Bonchev–Trinajstić information content (AvgIpc) is 3.10. The number of aliphatic imine (C=N–C) groups is 1. The van der Waals surface area contributed by atoms with Gasteiger partial charge >= 0.3 is 5.20 Å². The summed E-state index contributed by atoms with van der Waals surface area (Å²) in [6.07, 6.45) is 0.347. The molecule has 39 heavy (non-hydrogen) atoms. The molecule has 0 atom stereocenters. The third-order valence-electron chi connectivity index (χ3n) is 5.25. The van der Waals surface area contributed by atoms with Crippen molar-refractivity contribution in [2.45, 2.75) is 26.0 Å². The van der Waals surface area contributed by atoms with E-state index in [9.17, 15) is 18.1 Å². The van der Waals surface area contributed by atoms with Crippen LogP contribution in [0.4, 0.5) is 14.5 Å². The van der Waals surface area contributed by atoms with Crippen molar-refractivity contribution in [1.29, 1.82) is 0 Å². The first-order valence-electron chi connectivity index (χ1n) is 11.1. The second kappa shape index (κ2) is 13.2. The lowest BCUT2D eigenvalue weighted by molar-refractivity contribution is 0.0989. The molecule has 0 spiro atoms. The van der Waals surface area contributed by atoms with Crippen molar-refractivity contribution >= 4 is 90.7 Å². The van der Waals surface area contributed by atoms with Gasteiger partial charge in [-0.05, 0) is 93.9 Å². The molecule has 2 aliphatic rings. The number of para-hydroxylation sites is 1. The van der Waals surface area contributed by atoms with E-state index in [-0.39, 0.29) is 17.4 Å². The van der Waals surface area contributed by atoms with Gasteiger partial charge < -0.3 is 0 Å². The fourth-order valence-electron chi connectivity index (χ4n) is 3.62. The quantitative estimate of drug-likeness (QED) is 0.176. The van der Waals surface area contributed by atoms with Crippen molar-refractivity contribution in [3.8, 4) is 0 Å². The molecule has 0 N–H and O–H groups in total. The van der Waals surface area contributed by atoms with E-state index >= 15 is 0 Å². The van der Waals surface area contributed by atoms with Crippen LogP contribution >= 0.6 is 74.0 Å². The van der Waals surface area contributed by atoms with Gasteiger partial charge in [0, 0.05) is 37.1 Å². The molecule has 2 aliphatic heterocycles. The summed E-state index contributed by atoms with van der Waals surface area (Å²) in [7, 11) is 0. The fraction of sp³-hybridized carbons (Fsp3) is 0.0370. The number of hydrogen-bond acceptors (Lipinski definition) is 5. The zero-order chi connectivity index (χ0) is 28.2. The van der Waals surface area contributed by atoms with Crippen LogP contribution in [0.15, 0.2) is 110 Å². The minimum atomic E-state index is -3.22. The smallest absolute Gasteiger partial charge is 0.294 e. The lowest BCUT2D eigenvalue weighted by atomic mass is 10.0. The second-order valence-electron chi connectivity index (χ2n) is 7.96. The van der Waals surface area contributed by atoms with Crippen LogP contribution in [0, 0.1) is 11.6 Å². The van der Waals surface area contributed by atoms with E-state index in [1.807, 2.05) is 48.5 Å². The molecule has 0 bridgehead atoms. The molecule has 0 radical (unpaired) electrons. The van der Waals surface area contributed by atoms with Gasteiger partial charge in [-0.25, -0.2) is 13.8 Å². The number of nitrogens with zero attached hydrogens (tertiary/aromatic N) is 1. The van der Waals surface area contributed by atoms with Crippen LogP contribution in [-0.4, -0.2) is 11.0 Å². The average molecular weight is 661 g/mol. The van der Waals surface area contributed by atoms with E-state index in [0.29, 0.717) is 22.7 Å². The molecule has 0 saturated carbocycles. The van der Waals surface area contributed by atoms with Gasteiger partial charge in [0.2, 0.25) is 0 Å². The van der Waals surface area contributed by atoms with E-state index in [2.05, 4.69) is 38.7 Å². The maximum Gasteiger partial charge on any atom is 0.339 e. The van der Waals surface area contributed by atoms with Gasteiger partial charge in [0.25, 0.3) is 0 Å². The molecular weight excluding hydrogens is 645 g/mol. The first kappa shape index (κ1) is 30.1. The molecule has 4 aromatic rings. The molecular formula is C27H16Cl4F2NO2PS2. The second-order valence-corrected chi connectivity index (χ2v) is 17.1. The number of rotatable bonds is 0. The van der Waals surface area contributed by atoms with Gasteiger partial charge in [0.05, 0.1) is 5.69 Å². The zero-order valence-corrected chi connectivity index (χ0v) is 25.1. The highest BCUT2D eigenvalue weighted by molar-refractivity contribution is 8.24. The van der Waals surface area contributed by atoms with Crippen LogP contribution in [0.25, 0.3) is 0 Å². The van der Waals surface area contributed by atoms with Gasteiger partial charge in [-0.15, -0.1) is 0 Å². The van der Waals surface area contributed by atoms with E-state index in [0.717, 1.165) is 30.8 Å². The molecule has 3 nitrogen and oxygen atoms in total. The van der Waals surface area contributed by atoms with Crippen LogP contribution in [0.3, 0.4) is 0 Å². The predicted octanol–water partition coefficient (Wildman–Crippen LogP) is 11.1. The molecule has 0 saturated heterocycles. The Hall–Kier alpha value is -1.83. The number of carbonyl (C=O) groups is 1. The van der Waals surface area contributed by atoms with Crippen molar-refractivity contribution < 1.29 is 18.1 Å². The SMILES string of the molecule is Fc1ccc2c(c1)C(Cl)=Nc1ccccc1S2.O=C1Cc2ccccc2Sc2ccc(F)cc21.O=P(Cl)(Cl)Cl. The van der Waals surface area contributed by atoms with Gasteiger partial charge in [-0.1, -0.05) is 65.5 Å². The topological polar surface area (TPSA) is 46.5 Å². The molecule has 0 amide bonds. The highest BCUT2D eigenvalue weighted by Crippen LogP contribution is 2.61. The molecule has 200 valence electrons. The molecule has 0 aliphatic carbocycles. The van der Waals surface area contributed by atoms with Gasteiger partial charge in [-0.3, -0.25) is 9.36 Å². The molecule has 0 aromatic heterocycles. The van der Waals surface area contributed by atoms with E-state index < -0.39 is 5.20 Å². The highest BCUT2D eigenvalue weighted by atomic mass is 36.0. The Morgan fingerprint density at radius 2 is 1.23 bits per heavy atom. The minimum Gasteiger partial charge on any atom is -0.294 e. The van der Waals surface area contributed by atoms with Crippen LogP contribution in [0.2, 0.25) is 0 Å². The van der Waals surface area contributed by atoms with E-state index in [1.54, 1.807) is 23.9 Å². The third kappa shape index (κ3) is 8.58. The molecule has 4 aromatic carbocycles. The lowest BCUT2D eigenvalue weighted by Gasteiger charge is -2.04. The van der Waals surface area contributed by atoms with Crippen LogP contribution in [0.5, 0.6) is 0 Å². The minimum absolute atomic E-state index is 0.0167. The summed E-state index contributed by atoms with van der Waals surface area (Å²) < 4.78 is 35.9. The zero-order valence-electron chi connectivity index (χ0n) is 19.6. The Morgan fingerprint density at radius 1 is 0.718 bits per heavy atom. The predicted molar refractivity (Wildman–Crippen MR) is 159 cm³/mol. The third-order valence-corrected chi connectivity index (χ3v) is 7.88. The Balaban J connectivity index is 0.000000155. The van der Waals surface area contributed by atoms with Crippen LogP contribution in [-0.2, 0) is 11.0 Å². The van der Waals surface area contributed by atoms with Crippen molar-refractivity contribution in [3.63, 3.8) is 0 Å². The monoisotopic (exact) mass is 659 g/mol. The first-order chi connectivity index (χ1) is 18.5. The Labute approximate surface area is 251 Å². The van der Waals surface area contributed by atoms with Gasteiger partial charge in [0.15, 0.2) is 5.78 Å². The summed E-state index contributed by atoms with van der Waals surface area (Å²) in [5, 5.41) is -2.89. The molecule has 12 heteroatoms. The maximum absolute atomic E-state index is 13.2. The van der Waals surface area contributed by atoms with Gasteiger partial charge in [-0.2, -0.15) is 0 Å². The van der Waals surface area contributed by atoms with Crippen LogP contribution in [0.1, 0.15) is 21.5 Å². The normalized spacial score (nSPS) is 13.4. The highest BCUT2D eigenvalue weighted by Gasteiger charge is 2.20. The van der Waals surface area contributed by atoms with Crippen molar-refractivity contribution in [2.24, 2.45) is 4.99 Å². The molecule has 0 fully saturated rings. The number of benzene rings is 4. The van der Waals surface area contributed by atoms with Crippen LogP contribution < -0.4 is 0 Å².